The highest BCUT2D eigenvalue weighted by Gasteiger charge is 2.33. The normalized spacial score (nSPS) is 20.0. The molecule has 22 heavy (non-hydrogen) atoms. The first-order valence-electron chi connectivity index (χ1n) is 6.85. The topological polar surface area (TPSA) is 41.9 Å². The molecule has 4 nitrogen and oxygen atoms in total. The first-order valence-corrected chi connectivity index (χ1v) is 7.67. The first kappa shape index (κ1) is 13.2. The van der Waals surface area contributed by atoms with Crippen LogP contribution in [0.2, 0.25) is 0 Å². The number of carbonyl (C=O) groups excluding carboxylic acids is 1. The fourth-order valence-corrected chi connectivity index (χ4v) is 3.58. The fourth-order valence-electron chi connectivity index (χ4n) is 2.46. The molecule has 5 heteroatoms. The minimum atomic E-state index is -0.402. The molecule has 0 unspecified atom stereocenters. The van der Waals surface area contributed by atoms with Crippen molar-refractivity contribution in [3.63, 3.8) is 0 Å². The Balaban J connectivity index is 1.77. The highest BCUT2D eigenvalue weighted by Crippen LogP contribution is 2.46. The van der Waals surface area contributed by atoms with Gasteiger partial charge in [0.25, 0.3) is 0 Å². The van der Waals surface area contributed by atoms with E-state index < -0.39 is 5.97 Å². The summed E-state index contributed by atoms with van der Waals surface area (Å²) < 4.78 is 5.33. The number of fused-ring (bicyclic) bond motifs is 1. The van der Waals surface area contributed by atoms with E-state index in [1.807, 2.05) is 66.5 Å². The summed E-state index contributed by atoms with van der Waals surface area (Å²) in [5.74, 6) is -0.0425. The lowest BCUT2D eigenvalue weighted by Crippen LogP contribution is -2.14. The second-order valence-electron chi connectivity index (χ2n) is 4.96. The van der Waals surface area contributed by atoms with Crippen LogP contribution in [0, 0.1) is 0 Å². The Morgan fingerprint density at radius 1 is 1.05 bits per heavy atom. The molecule has 0 N–H and O–H groups in total. The maximum Gasteiger partial charge on any atom is 0.366 e. The van der Waals surface area contributed by atoms with Gasteiger partial charge in [0.1, 0.15) is 5.03 Å². The van der Waals surface area contributed by atoms with E-state index >= 15 is 0 Å². The minimum absolute atomic E-state index is 0.359. The second kappa shape index (κ2) is 5.03. The van der Waals surface area contributed by atoms with Crippen LogP contribution in [-0.2, 0) is 9.53 Å². The lowest BCUT2D eigenvalue weighted by Gasteiger charge is -2.13. The molecule has 0 aliphatic carbocycles. The van der Waals surface area contributed by atoms with E-state index in [2.05, 4.69) is 4.99 Å². The van der Waals surface area contributed by atoms with Crippen molar-refractivity contribution in [2.45, 2.75) is 4.90 Å². The van der Waals surface area contributed by atoms with E-state index in [0.717, 1.165) is 21.2 Å². The maximum absolute atomic E-state index is 12.2. The zero-order valence-electron chi connectivity index (χ0n) is 11.8. The van der Waals surface area contributed by atoms with E-state index in [9.17, 15) is 4.79 Å². The largest absolute Gasteiger partial charge is 0.402 e. The number of aliphatic imine (C=N–C) groups is 1. The molecule has 0 fully saturated rings. The molecule has 108 valence electrons. The molecule has 0 bridgehead atoms. The highest BCUT2D eigenvalue weighted by atomic mass is 32.2. The van der Waals surface area contributed by atoms with Crippen LogP contribution in [0.15, 0.2) is 75.2 Å². The number of esters is 1. The molecular weight excluding hydrogens is 296 g/mol. The van der Waals surface area contributed by atoms with Gasteiger partial charge in [-0.15, -0.1) is 0 Å². The van der Waals surface area contributed by atoms with Crippen molar-refractivity contribution in [3.8, 4) is 0 Å². The second-order valence-corrected chi connectivity index (χ2v) is 5.99. The predicted molar refractivity (Wildman–Crippen MR) is 86.8 cm³/mol. The third-order valence-corrected chi connectivity index (χ3v) is 4.78. The number of para-hydroxylation sites is 1. The Labute approximate surface area is 132 Å². The van der Waals surface area contributed by atoms with Crippen LogP contribution in [0.3, 0.4) is 0 Å². The van der Waals surface area contributed by atoms with Crippen molar-refractivity contribution in [3.05, 3.63) is 70.9 Å². The van der Waals surface area contributed by atoms with Crippen molar-refractivity contribution in [1.29, 1.82) is 0 Å². The van der Waals surface area contributed by atoms with Gasteiger partial charge in [0.05, 0.1) is 5.69 Å². The molecule has 0 saturated heterocycles. The standard InChI is InChI=1S/C17H12N2O2S/c1-19-12-9-5-6-10-13(12)22-16(19)14-17(20)21-15(18-14)11-7-3-2-4-8-11/h2-10H,1H3/b16-14-. The average Bonchev–Trinajstić information content (AvgIpc) is 3.09. The SMILES string of the molecule is CN1/C(=C2/N=C(c3ccccc3)OC2=O)Sc2ccccc21. The summed E-state index contributed by atoms with van der Waals surface area (Å²) >= 11 is 1.54. The van der Waals surface area contributed by atoms with Crippen LogP contribution in [0.4, 0.5) is 5.69 Å². The molecule has 0 amide bonds. The monoisotopic (exact) mass is 308 g/mol. The third kappa shape index (κ3) is 2.02. The van der Waals surface area contributed by atoms with Crippen molar-refractivity contribution >= 4 is 29.3 Å². The molecule has 2 aliphatic rings. The summed E-state index contributed by atoms with van der Waals surface area (Å²) in [6.07, 6.45) is 0. The highest BCUT2D eigenvalue weighted by molar-refractivity contribution is 8.03. The number of cyclic esters (lactones) is 1. The molecule has 0 spiro atoms. The van der Waals surface area contributed by atoms with E-state index in [-0.39, 0.29) is 0 Å². The number of hydrogen-bond donors (Lipinski definition) is 0. The third-order valence-electron chi connectivity index (χ3n) is 3.56. The van der Waals surface area contributed by atoms with Crippen molar-refractivity contribution < 1.29 is 9.53 Å². The molecule has 2 aromatic rings. The molecule has 2 aromatic carbocycles. The van der Waals surface area contributed by atoms with Gasteiger partial charge < -0.3 is 9.64 Å². The van der Waals surface area contributed by atoms with E-state index in [1.54, 1.807) is 11.8 Å². The Kier molecular flexibility index (Phi) is 3.01. The number of rotatable bonds is 1. The molecule has 2 heterocycles. The number of nitrogens with zero attached hydrogens (tertiary/aromatic N) is 2. The zero-order chi connectivity index (χ0) is 15.1. The number of ether oxygens (including phenoxy) is 1. The van der Waals surface area contributed by atoms with Gasteiger partial charge in [-0.05, 0) is 24.3 Å². The fraction of sp³-hybridized carbons (Fsp3) is 0.0588. The van der Waals surface area contributed by atoms with E-state index in [0.29, 0.717) is 11.6 Å². The van der Waals surface area contributed by atoms with Crippen LogP contribution in [0.1, 0.15) is 5.56 Å². The van der Waals surface area contributed by atoms with Crippen molar-refractivity contribution in [1.82, 2.24) is 0 Å². The van der Waals surface area contributed by atoms with Crippen molar-refractivity contribution in [2.75, 3.05) is 11.9 Å². The number of carbonyl (C=O) groups is 1. The van der Waals surface area contributed by atoms with Crippen molar-refractivity contribution in [2.24, 2.45) is 4.99 Å². The molecular formula is C17H12N2O2S. The Morgan fingerprint density at radius 2 is 1.77 bits per heavy atom. The lowest BCUT2D eigenvalue weighted by atomic mass is 10.2. The van der Waals surface area contributed by atoms with Gasteiger partial charge in [0.15, 0.2) is 5.70 Å². The first-order chi connectivity index (χ1) is 10.7. The Bertz CT molecular complexity index is 828. The van der Waals surface area contributed by atoms with Gasteiger partial charge in [-0.2, -0.15) is 0 Å². The van der Waals surface area contributed by atoms with Gasteiger partial charge in [0, 0.05) is 17.5 Å². The summed E-state index contributed by atoms with van der Waals surface area (Å²) in [5.41, 5.74) is 2.24. The number of thioether (sulfide) groups is 1. The molecule has 0 atom stereocenters. The Hall–Kier alpha value is -2.53. The smallest absolute Gasteiger partial charge is 0.366 e. The minimum Gasteiger partial charge on any atom is -0.402 e. The summed E-state index contributed by atoms with van der Waals surface area (Å²) in [7, 11) is 1.93. The van der Waals surface area contributed by atoms with Crippen LogP contribution in [0.25, 0.3) is 0 Å². The lowest BCUT2D eigenvalue weighted by molar-refractivity contribution is -0.130. The average molecular weight is 308 g/mol. The van der Waals surface area contributed by atoms with Gasteiger partial charge in [-0.1, -0.05) is 42.1 Å². The van der Waals surface area contributed by atoms with Gasteiger partial charge in [0.2, 0.25) is 5.90 Å². The van der Waals surface area contributed by atoms with Crippen LogP contribution in [-0.4, -0.2) is 18.9 Å². The summed E-state index contributed by atoms with van der Waals surface area (Å²) in [6.45, 7) is 0. The van der Waals surface area contributed by atoms with Gasteiger partial charge in [-0.3, -0.25) is 0 Å². The summed E-state index contributed by atoms with van der Waals surface area (Å²) in [5, 5.41) is 0.803. The molecule has 2 aliphatic heterocycles. The maximum atomic E-state index is 12.2. The Morgan fingerprint density at radius 3 is 2.55 bits per heavy atom. The van der Waals surface area contributed by atoms with Crippen LogP contribution < -0.4 is 4.90 Å². The number of anilines is 1. The van der Waals surface area contributed by atoms with Gasteiger partial charge >= 0.3 is 5.97 Å². The molecule has 0 aromatic heterocycles. The molecule has 0 radical (unpaired) electrons. The summed E-state index contributed by atoms with van der Waals surface area (Å²) in [4.78, 5) is 19.7. The van der Waals surface area contributed by atoms with E-state index in [1.165, 1.54) is 0 Å². The number of hydrogen-bond acceptors (Lipinski definition) is 5. The number of benzene rings is 2. The van der Waals surface area contributed by atoms with E-state index in [4.69, 9.17) is 4.74 Å². The quantitative estimate of drug-likeness (QED) is 0.598. The predicted octanol–water partition coefficient (Wildman–Crippen LogP) is 3.40. The van der Waals surface area contributed by atoms with Crippen LogP contribution >= 0.6 is 11.8 Å². The van der Waals surface area contributed by atoms with Crippen LogP contribution in [0.5, 0.6) is 0 Å². The summed E-state index contributed by atoms with van der Waals surface area (Å²) in [6, 6.07) is 17.5. The molecule has 0 saturated carbocycles. The van der Waals surface area contributed by atoms with Gasteiger partial charge in [-0.25, -0.2) is 9.79 Å². The zero-order valence-corrected chi connectivity index (χ0v) is 12.6. The molecule has 4 rings (SSSR count).